The first-order valence-electron chi connectivity index (χ1n) is 8.00. The molecule has 0 saturated heterocycles. The van der Waals surface area contributed by atoms with Gasteiger partial charge in [-0.05, 0) is 50.1 Å². The van der Waals surface area contributed by atoms with Gasteiger partial charge in [0.25, 0.3) is 0 Å². The Bertz CT molecular complexity index is 801. The molecule has 0 aliphatic carbocycles. The zero-order chi connectivity index (χ0) is 17.3. The topological polar surface area (TPSA) is 61.4 Å². The predicted molar refractivity (Wildman–Crippen MR) is 96.4 cm³/mol. The van der Waals surface area contributed by atoms with E-state index < -0.39 is 6.04 Å². The lowest BCUT2D eigenvalue weighted by Crippen LogP contribution is -2.50. The Balaban J connectivity index is 1.86. The zero-order valence-corrected chi connectivity index (χ0v) is 14.1. The maximum atomic E-state index is 12.7. The number of hydrogen-bond acceptors (Lipinski definition) is 3. The van der Waals surface area contributed by atoms with Crippen molar-refractivity contribution in [1.29, 1.82) is 0 Å². The highest BCUT2D eigenvalue weighted by Gasteiger charge is 2.31. The van der Waals surface area contributed by atoms with Crippen LogP contribution in [0.1, 0.15) is 18.1 Å². The highest BCUT2D eigenvalue weighted by atomic mass is 16.2. The van der Waals surface area contributed by atoms with Crippen LogP contribution in [-0.4, -0.2) is 24.4 Å². The lowest BCUT2D eigenvalue weighted by atomic mass is 10.1. The third-order valence-electron chi connectivity index (χ3n) is 4.28. The van der Waals surface area contributed by atoms with Gasteiger partial charge in [-0.3, -0.25) is 14.5 Å². The molecule has 0 radical (unpaired) electrons. The van der Waals surface area contributed by atoms with E-state index in [1.54, 1.807) is 11.8 Å². The van der Waals surface area contributed by atoms with E-state index in [2.05, 4.69) is 10.6 Å². The fourth-order valence-corrected chi connectivity index (χ4v) is 2.87. The minimum Gasteiger partial charge on any atom is -0.374 e. The molecule has 2 aromatic rings. The fraction of sp³-hybridized carbons (Fsp3) is 0.263. The molecular formula is C19H21N3O2. The number of nitrogens with one attached hydrogen (secondary N) is 2. The summed E-state index contributed by atoms with van der Waals surface area (Å²) in [4.78, 5) is 26.6. The van der Waals surface area contributed by atoms with Gasteiger partial charge in [0, 0.05) is 5.69 Å². The largest absolute Gasteiger partial charge is 0.374 e. The summed E-state index contributed by atoms with van der Waals surface area (Å²) in [5.41, 5.74) is 4.45. The van der Waals surface area contributed by atoms with Crippen molar-refractivity contribution in [3.05, 3.63) is 53.6 Å². The maximum Gasteiger partial charge on any atom is 0.247 e. The predicted octanol–water partition coefficient (Wildman–Crippen LogP) is 3.09. The number of anilines is 3. The summed E-state index contributed by atoms with van der Waals surface area (Å²) in [7, 11) is 0. The highest BCUT2D eigenvalue weighted by molar-refractivity contribution is 6.09. The summed E-state index contributed by atoms with van der Waals surface area (Å²) in [5, 5.41) is 6.03. The molecule has 5 nitrogen and oxygen atoms in total. The summed E-state index contributed by atoms with van der Waals surface area (Å²) in [6.07, 6.45) is 0. The van der Waals surface area contributed by atoms with Crippen LogP contribution in [0.4, 0.5) is 17.1 Å². The fourth-order valence-electron chi connectivity index (χ4n) is 2.87. The molecule has 3 rings (SSSR count). The Hall–Kier alpha value is -2.82. The third kappa shape index (κ3) is 2.97. The van der Waals surface area contributed by atoms with Gasteiger partial charge in [0.15, 0.2) is 0 Å². The first kappa shape index (κ1) is 16.1. The number of benzene rings is 2. The third-order valence-corrected chi connectivity index (χ3v) is 4.28. The summed E-state index contributed by atoms with van der Waals surface area (Å²) in [6.45, 7) is 5.87. The molecule has 2 N–H and O–H groups in total. The first-order valence-corrected chi connectivity index (χ1v) is 8.00. The van der Waals surface area contributed by atoms with E-state index in [1.807, 2.05) is 56.3 Å². The molecule has 124 valence electrons. The van der Waals surface area contributed by atoms with Crippen molar-refractivity contribution in [3.8, 4) is 0 Å². The van der Waals surface area contributed by atoms with Gasteiger partial charge in [0.1, 0.15) is 6.04 Å². The van der Waals surface area contributed by atoms with Crippen LogP contribution in [-0.2, 0) is 9.59 Å². The molecular weight excluding hydrogens is 302 g/mol. The summed E-state index contributed by atoms with van der Waals surface area (Å²) < 4.78 is 0. The average molecular weight is 323 g/mol. The van der Waals surface area contributed by atoms with E-state index in [0.29, 0.717) is 0 Å². The molecule has 1 aliphatic rings. The molecule has 24 heavy (non-hydrogen) atoms. The molecule has 1 heterocycles. The van der Waals surface area contributed by atoms with Crippen LogP contribution in [0.15, 0.2) is 42.5 Å². The van der Waals surface area contributed by atoms with E-state index in [-0.39, 0.29) is 18.4 Å². The van der Waals surface area contributed by atoms with E-state index in [9.17, 15) is 9.59 Å². The monoisotopic (exact) mass is 323 g/mol. The van der Waals surface area contributed by atoms with Gasteiger partial charge >= 0.3 is 0 Å². The lowest BCUT2D eigenvalue weighted by molar-refractivity contribution is -0.122. The number of amides is 2. The molecule has 1 atom stereocenters. The van der Waals surface area contributed by atoms with Crippen LogP contribution < -0.4 is 15.5 Å². The van der Waals surface area contributed by atoms with Crippen molar-refractivity contribution in [2.45, 2.75) is 26.8 Å². The maximum absolute atomic E-state index is 12.7. The molecule has 5 heteroatoms. The van der Waals surface area contributed by atoms with E-state index in [0.717, 1.165) is 28.2 Å². The second-order valence-corrected chi connectivity index (χ2v) is 6.12. The van der Waals surface area contributed by atoms with E-state index in [4.69, 9.17) is 0 Å². The van der Waals surface area contributed by atoms with E-state index >= 15 is 0 Å². The van der Waals surface area contributed by atoms with Gasteiger partial charge in [-0.15, -0.1) is 0 Å². The quantitative estimate of drug-likeness (QED) is 0.912. The molecule has 0 spiro atoms. The molecule has 1 unspecified atom stereocenters. The van der Waals surface area contributed by atoms with Crippen LogP contribution in [0.3, 0.4) is 0 Å². The van der Waals surface area contributed by atoms with Gasteiger partial charge < -0.3 is 10.6 Å². The van der Waals surface area contributed by atoms with Gasteiger partial charge in [-0.1, -0.05) is 24.3 Å². The molecule has 1 aliphatic heterocycles. The molecule has 0 aromatic heterocycles. The van der Waals surface area contributed by atoms with Crippen LogP contribution in [0, 0.1) is 13.8 Å². The zero-order valence-electron chi connectivity index (χ0n) is 14.1. The number of hydrogen-bond donors (Lipinski definition) is 2. The average Bonchev–Trinajstić information content (AvgIpc) is 2.57. The SMILES string of the molecule is Cc1ccc(C)c(NC(=O)C(C)N2C(=O)CNc3ccccc32)c1. The Labute approximate surface area is 141 Å². The molecule has 0 saturated carbocycles. The Morgan fingerprint density at radius 1 is 1.21 bits per heavy atom. The minimum absolute atomic E-state index is 0.114. The van der Waals surface area contributed by atoms with Crippen LogP contribution in [0.25, 0.3) is 0 Å². The van der Waals surface area contributed by atoms with Gasteiger partial charge in [-0.25, -0.2) is 0 Å². The van der Waals surface area contributed by atoms with Gasteiger partial charge in [0.2, 0.25) is 11.8 Å². The van der Waals surface area contributed by atoms with Crippen molar-refractivity contribution in [2.75, 3.05) is 22.1 Å². The van der Waals surface area contributed by atoms with Gasteiger partial charge in [-0.2, -0.15) is 0 Å². The number of rotatable bonds is 3. The first-order chi connectivity index (χ1) is 11.5. The van der Waals surface area contributed by atoms with Crippen molar-refractivity contribution in [1.82, 2.24) is 0 Å². The number of fused-ring (bicyclic) bond motifs is 1. The molecule has 2 aromatic carbocycles. The summed E-state index contributed by atoms with van der Waals surface area (Å²) in [5.74, 6) is -0.314. The number of carbonyl (C=O) groups is 2. The van der Waals surface area contributed by atoms with Crippen LogP contribution in [0.2, 0.25) is 0 Å². The normalized spacial score (nSPS) is 14.6. The molecule has 0 bridgehead atoms. The van der Waals surface area contributed by atoms with Crippen molar-refractivity contribution in [3.63, 3.8) is 0 Å². The highest BCUT2D eigenvalue weighted by Crippen LogP contribution is 2.31. The Morgan fingerprint density at radius 2 is 1.96 bits per heavy atom. The second kappa shape index (κ2) is 6.35. The number of nitrogens with zero attached hydrogens (tertiary/aromatic N) is 1. The number of aryl methyl sites for hydroxylation is 2. The standard InChI is InChI=1S/C19H21N3O2/c1-12-8-9-13(2)16(10-12)21-19(24)14(3)22-17-7-5-4-6-15(17)20-11-18(22)23/h4-10,14,20H,11H2,1-3H3,(H,21,24). The van der Waals surface area contributed by atoms with Crippen molar-refractivity contribution < 1.29 is 9.59 Å². The second-order valence-electron chi connectivity index (χ2n) is 6.12. The van der Waals surface area contributed by atoms with Crippen LogP contribution >= 0.6 is 0 Å². The molecule has 0 fully saturated rings. The Kier molecular flexibility index (Phi) is 4.25. The van der Waals surface area contributed by atoms with E-state index in [1.165, 1.54) is 0 Å². The van der Waals surface area contributed by atoms with Crippen molar-refractivity contribution in [2.24, 2.45) is 0 Å². The summed E-state index contributed by atoms with van der Waals surface area (Å²) in [6, 6.07) is 12.8. The number of carbonyl (C=O) groups excluding carboxylic acids is 2. The number of para-hydroxylation sites is 2. The lowest BCUT2D eigenvalue weighted by Gasteiger charge is -2.34. The van der Waals surface area contributed by atoms with Crippen molar-refractivity contribution >= 4 is 28.9 Å². The Morgan fingerprint density at radius 3 is 2.75 bits per heavy atom. The molecule has 2 amide bonds. The summed E-state index contributed by atoms with van der Waals surface area (Å²) >= 11 is 0. The minimum atomic E-state index is -0.597. The van der Waals surface area contributed by atoms with Gasteiger partial charge in [0.05, 0.1) is 17.9 Å². The smallest absolute Gasteiger partial charge is 0.247 e. The van der Waals surface area contributed by atoms with Crippen LogP contribution in [0.5, 0.6) is 0 Å².